The third-order valence-corrected chi connectivity index (χ3v) is 6.26. The number of furan rings is 1. The molecule has 1 aliphatic rings. The molecule has 4 rings (SSSR count). The number of amides is 1. The van der Waals surface area contributed by atoms with E-state index in [2.05, 4.69) is 51.8 Å². The third kappa shape index (κ3) is 5.14. The summed E-state index contributed by atoms with van der Waals surface area (Å²) in [5.74, 6) is 1.20. The largest absolute Gasteiger partial charge is 0.459 e. The lowest BCUT2D eigenvalue weighted by atomic mass is 10.2. The molecule has 0 spiro atoms. The summed E-state index contributed by atoms with van der Waals surface area (Å²) >= 11 is 1.68. The Balaban J connectivity index is 1.25. The number of guanidine groups is 1. The van der Waals surface area contributed by atoms with Crippen LogP contribution in [0.25, 0.3) is 10.6 Å². The van der Waals surface area contributed by atoms with Crippen LogP contribution in [0, 0.1) is 6.92 Å². The van der Waals surface area contributed by atoms with Crippen LogP contribution in [-0.4, -0.2) is 66.4 Å². The average molecular weight is 438 g/mol. The number of piperazine rings is 1. The van der Waals surface area contributed by atoms with E-state index in [1.807, 2.05) is 4.90 Å². The van der Waals surface area contributed by atoms with Crippen molar-refractivity contribution in [1.29, 1.82) is 0 Å². The molecule has 3 aromatic rings. The van der Waals surface area contributed by atoms with Crippen LogP contribution in [0.1, 0.15) is 21.8 Å². The predicted octanol–water partition coefficient (Wildman–Crippen LogP) is 3.29. The second kappa shape index (κ2) is 9.78. The molecular weight excluding hydrogens is 410 g/mol. The second-order valence-electron chi connectivity index (χ2n) is 7.49. The third-order valence-electron chi connectivity index (χ3n) is 5.32. The SMILES string of the molecule is CN=C(NCCc1csc(-c2ccc(C)cc2)n1)N1CCN(C(=O)c2ccco2)CC1. The van der Waals surface area contributed by atoms with Gasteiger partial charge in [0.1, 0.15) is 5.01 Å². The Labute approximate surface area is 186 Å². The topological polar surface area (TPSA) is 74.0 Å². The van der Waals surface area contributed by atoms with Gasteiger partial charge in [0.25, 0.3) is 5.91 Å². The Bertz CT molecular complexity index is 1020. The Kier molecular flexibility index (Phi) is 6.66. The van der Waals surface area contributed by atoms with E-state index in [9.17, 15) is 4.79 Å². The van der Waals surface area contributed by atoms with Gasteiger partial charge in [0.15, 0.2) is 11.7 Å². The average Bonchev–Trinajstić information content (AvgIpc) is 3.50. The van der Waals surface area contributed by atoms with Crippen molar-refractivity contribution >= 4 is 23.2 Å². The van der Waals surface area contributed by atoms with Crippen molar-refractivity contribution < 1.29 is 9.21 Å². The normalized spacial score (nSPS) is 14.7. The van der Waals surface area contributed by atoms with Gasteiger partial charge in [0, 0.05) is 57.1 Å². The zero-order valence-corrected chi connectivity index (χ0v) is 18.7. The fraction of sp³-hybridized carbons (Fsp3) is 0.348. The van der Waals surface area contributed by atoms with Crippen LogP contribution in [0.5, 0.6) is 0 Å². The summed E-state index contributed by atoms with van der Waals surface area (Å²) < 4.78 is 5.23. The lowest BCUT2D eigenvalue weighted by Crippen LogP contribution is -2.54. The number of nitrogens with one attached hydrogen (secondary N) is 1. The molecule has 1 fully saturated rings. The molecule has 0 saturated carbocycles. The van der Waals surface area contributed by atoms with E-state index >= 15 is 0 Å². The minimum atomic E-state index is -0.0551. The fourth-order valence-electron chi connectivity index (χ4n) is 3.56. The molecule has 0 atom stereocenters. The quantitative estimate of drug-likeness (QED) is 0.490. The van der Waals surface area contributed by atoms with Gasteiger partial charge in [-0.3, -0.25) is 9.79 Å². The Morgan fingerprint density at radius 2 is 1.90 bits per heavy atom. The molecule has 1 aromatic carbocycles. The highest BCUT2D eigenvalue weighted by molar-refractivity contribution is 7.13. The van der Waals surface area contributed by atoms with Crippen molar-refractivity contribution in [3.63, 3.8) is 0 Å². The molecule has 8 heteroatoms. The van der Waals surface area contributed by atoms with Gasteiger partial charge in [-0.1, -0.05) is 29.8 Å². The summed E-state index contributed by atoms with van der Waals surface area (Å²) in [6.45, 7) is 5.61. The van der Waals surface area contributed by atoms with Crippen LogP contribution in [0.4, 0.5) is 0 Å². The summed E-state index contributed by atoms with van der Waals surface area (Å²) in [7, 11) is 1.79. The number of carbonyl (C=O) groups is 1. The fourth-order valence-corrected chi connectivity index (χ4v) is 4.42. The summed E-state index contributed by atoms with van der Waals surface area (Å²) in [5.41, 5.74) is 3.49. The van der Waals surface area contributed by atoms with Crippen LogP contribution < -0.4 is 5.32 Å². The first kappa shape index (κ1) is 21.1. The minimum Gasteiger partial charge on any atom is -0.459 e. The highest BCUT2D eigenvalue weighted by Gasteiger charge is 2.25. The number of aliphatic imine (C=N–C) groups is 1. The number of thiazole rings is 1. The predicted molar refractivity (Wildman–Crippen MR) is 124 cm³/mol. The van der Waals surface area contributed by atoms with Crippen LogP contribution in [-0.2, 0) is 6.42 Å². The number of hydrogen-bond donors (Lipinski definition) is 1. The van der Waals surface area contributed by atoms with Crippen LogP contribution >= 0.6 is 11.3 Å². The summed E-state index contributed by atoms with van der Waals surface area (Å²) in [6, 6.07) is 11.9. The van der Waals surface area contributed by atoms with E-state index in [0.29, 0.717) is 18.8 Å². The van der Waals surface area contributed by atoms with Gasteiger partial charge >= 0.3 is 0 Å². The molecule has 1 N–H and O–H groups in total. The summed E-state index contributed by atoms with van der Waals surface area (Å²) in [5, 5.41) is 6.61. The molecule has 1 saturated heterocycles. The number of carbonyl (C=O) groups excluding carboxylic acids is 1. The van der Waals surface area contributed by atoms with Crippen LogP contribution in [0.3, 0.4) is 0 Å². The molecule has 0 unspecified atom stereocenters. The molecule has 2 aromatic heterocycles. The van der Waals surface area contributed by atoms with Gasteiger partial charge in [0.2, 0.25) is 0 Å². The van der Waals surface area contributed by atoms with Crippen LogP contribution in [0.15, 0.2) is 57.5 Å². The van der Waals surface area contributed by atoms with Gasteiger partial charge in [0.05, 0.1) is 12.0 Å². The first-order valence-corrected chi connectivity index (χ1v) is 11.3. The van der Waals surface area contributed by atoms with Crippen molar-refractivity contribution in [2.24, 2.45) is 4.99 Å². The minimum absolute atomic E-state index is 0.0551. The van der Waals surface area contributed by atoms with E-state index in [0.717, 1.165) is 48.3 Å². The Morgan fingerprint density at radius 1 is 1.16 bits per heavy atom. The maximum Gasteiger partial charge on any atom is 0.289 e. The monoisotopic (exact) mass is 437 g/mol. The van der Waals surface area contributed by atoms with E-state index in [-0.39, 0.29) is 5.91 Å². The summed E-state index contributed by atoms with van der Waals surface area (Å²) in [4.78, 5) is 25.6. The standard InChI is InChI=1S/C23H27N5O2S/c1-17-5-7-18(8-6-17)21-26-19(16-31-21)9-10-25-23(24-2)28-13-11-27(12-14-28)22(29)20-4-3-15-30-20/h3-8,15-16H,9-14H2,1-2H3,(H,24,25). The number of benzene rings is 1. The number of aryl methyl sites for hydroxylation is 1. The van der Waals surface area contributed by atoms with Crippen molar-refractivity contribution in [3.05, 3.63) is 65.1 Å². The molecule has 1 aliphatic heterocycles. The lowest BCUT2D eigenvalue weighted by Gasteiger charge is -2.36. The first-order chi connectivity index (χ1) is 15.1. The molecule has 1 amide bonds. The van der Waals surface area contributed by atoms with Crippen molar-refractivity contribution in [2.45, 2.75) is 13.3 Å². The lowest BCUT2D eigenvalue weighted by molar-refractivity contribution is 0.0658. The molecule has 3 heterocycles. The van der Waals surface area contributed by atoms with E-state index in [1.54, 1.807) is 30.5 Å². The van der Waals surface area contributed by atoms with Crippen molar-refractivity contribution in [1.82, 2.24) is 20.1 Å². The van der Waals surface area contributed by atoms with E-state index in [1.165, 1.54) is 11.8 Å². The molecule has 0 bridgehead atoms. The zero-order chi connectivity index (χ0) is 21.6. The maximum absolute atomic E-state index is 12.4. The van der Waals surface area contributed by atoms with Crippen molar-refractivity contribution in [3.8, 4) is 10.6 Å². The summed E-state index contributed by atoms with van der Waals surface area (Å²) in [6.07, 6.45) is 2.36. The molecule has 31 heavy (non-hydrogen) atoms. The number of aromatic nitrogens is 1. The first-order valence-electron chi connectivity index (χ1n) is 10.4. The number of hydrogen-bond acceptors (Lipinski definition) is 5. The molecule has 162 valence electrons. The number of rotatable bonds is 5. The molecular formula is C23H27N5O2S. The highest BCUT2D eigenvalue weighted by atomic mass is 32.1. The number of nitrogens with zero attached hydrogens (tertiary/aromatic N) is 4. The van der Waals surface area contributed by atoms with E-state index < -0.39 is 0 Å². The van der Waals surface area contributed by atoms with Gasteiger partial charge < -0.3 is 19.5 Å². The van der Waals surface area contributed by atoms with E-state index in [4.69, 9.17) is 9.40 Å². The van der Waals surface area contributed by atoms with Gasteiger partial charge in [-0.2, -0.15) is 0 Å². The second-order valence-corrected chi connectivity index (χ2v) is 8.35. The smallest absolute Gasteiger partial charge is 0.289 e. The van der Waals surface area contributed by atoms with Crippen LogP contribution in [0.2, 0.25) is 0 Å². The van der Waals surface area contributed by atoms with Gasteiger partial charge in [-0.15, -0.1) is 11.3 Å². The van der Waals surface area contributed by atoms with Gasteiger partial charge in [-0.25, -0.2) is 4.98 Å². The maximum atomic E-state index is 12.4. The highest BCUT2D eigenvalue weighted by Crippen LogP contribution is 2.24. The Morgan fingerprint density at radius 3 is 2.58 bits per heavy atom. The van der Waals surface area contributed by atoms with Crippen molar-refractivity contribution in [2.75, 3.05) is 39.8 Å². The molecule has 7 nitrogen and oxygen atoms in total. The molecule has 0 aliphatic carbocycles. The Hall–Kier alpha value is -3.13. The molecule has 0 radical (unpaired) electrons. The zero-order valence-electron chi connectivity index (χ0n) is 17.9. The van der Waals surface area contributed by atoms with Gasteiger partial charge in [-0.05, 0) is 19.1 Å².